The highest BCUT2D eigenvalue weighted by Gasteiger charge is 2.24. The molecule has 1 aliphatic carbocycles. The molecule has 19 heavy (non-hydrogen) atoms. The predicted molar refractivity (Wildman–Crippen MR) is 70.3 cm³/mol. The SMILES string of the molecule is O=C(NCC1CCCCC1Cl)c1cccc(F)c1F. The molecular formula is C14H16ClF2NO. The Kier molecular flexibility index (Phi) is 4.75. The maximum absolute atomic E-state index is 13.4. The molecular weight excluding hydrogens is 272 g/mol. The molecule has 1 fully saturated rings. The average Bonchev–Trinajstić information content (AvgIpc) is 2.40. The fourth-order valence-corrected chi connectivity index (χ4v) is 2.76. The molecule has 2 unspecified atom stereocenters. The lowest BCUT2D eigenvalue weighted by Gasteiger charge is -2.27. The smallest absolute Gasteiger partial charge is 0.254 e. The minimum atomic E-state index is -1.11. The van der Waals surface area contributed by atoms with E-state index in [-0.39, 0.29) is 16.9 Å². The van der Waals surface area contributed by atoms with Gasteiger partial charge < -0.3 is 5.32 Å². The molecule has 0 aromatic heterocycles. The van der Waals surface area contributed by atoms with Crippen molar-refractivity contribution in [1.82, 2.24) is 5.32 Å². The number of hydrogen-bond donors (Lipinski definition) is 1. The fourth-order valence-electron chi connectivity index (χ4n) is 2.39. The Hall–Kier alpha value is -1.16. The summed E-state index contributed by atoms with van der Waals surface area (Å²) in [6, 6.07) is 3.58. The van der Waals surface area contributed by atoms with E-state index in [4.69, 9.17) is 11.6 Å². The molecule has 1 saturated carbocycles. The summed E-state index contributed by atoms with van der Waals surface area (Å²) < 4.78 is 26.5. The summed E-state index contributed by atoms with van der Waals surface area (Å²) in [6.45, 7) is 0.406. The maximum Gasteiger partial charge on any atom is 0.254 e. The number of carbonyl (C=O) groups excluding carboxylic acids is 1. The van der Waals surface area contributed by atoms with Crippen molar-refractivity contribution in [3.05, 3.63) is 35.4 Å². The van der Waals surface area contributed by atoms with Crippen LogP contribution in [0.15, 0.2) is 18.2 Å². The topological polar surface area (TPSA) is 29.1 Å². The van der Waals surface area contributed by atoms with Gasteiger partial charge in [-0.15, -0.1) is 11.6 Å². The monoisotopic (exact) mass is 287 g/mol. The highest BCUT2D eigenvalue weighted by Crippen LogP contribution is 2.28. The molecule has 0 saturated heterocycles. The van der Waals surface area contributed by atoms with Crippen LogP contribution in [0.2, 0.25) is 0 Å². The van der Waals surface area contributed by atoms with Crippen LogP contribution in [0, 0.1) is 17.6 Å². The number of halogens is 3. The molecule has 1 aromatic rings. The van der Waals surface area contributed by atoms with Gasteiger partial charge in [0.2, 0.25) is 0 Å². The average molecular weight is 288 g/mol. The Bertz CT molecular complexity index is 467. The van der Waals surface area contributed by atoms with Gasteiger partial charge in [-0.3, -0.25) is 4.79 Å². The lowest BCUT2D eigenvalue weighted by Crippen LogP contribution is -2.35. The van der Waals surface area contributed by atoms with Gasteiger partial charge in [-0.1, -0.05) is 18.9 Å². The first-order valence-electron chi connectivity index (χ1n) is 6.46. The number of rotatable bonds is 3. The van der Waals surface area contributed by atoms with E-state index >= 15 is 0 Å². The van der Waals surface area contributed by atoms with Crippen LogP contribution < -0.4 is 5.32 Å². The molecule has 1 aromatic carbocycles. The quantitative estimate of drug-likeness (QED) is 0.847. The molecule has 0 heterocycles. The van der Waals surface area contributed by atoms with Gasteiger partial charge in [-0.25, -0.2) is 8.78 Å². The standard InChI is InChI=1S/C14H16ClF2NO/c15-11-6-2-1-4-9(11)8-18-14(19)10-5-3-7-12(16)13(10)17/h3,5,7,9,11H,1-2,4,6,8H2,(H,18,19). The van der Waals surface area contributed by atoms with Crippen LogP contribution >= 0.6 is 11.6 Å². The first kappa shape index (κ1) is 14.3. The van der Waals surface area contributed by atoms with Crippen LogP contribution in [0.4, 0.5) is 8.78 Å². The van der Waals surface area contributed by atoms with Crippen LogP contribution in [-0.4, -0.2) is 17.8 Å². The number of hydrogen-bond acceptors (Lipinski definition) is 1. The summed E-state index contributed by atoms with van der Waals surface area (Å²) in [5, 5.41) is 2.68. The molecule has 5 heteroatoms. The first-order valence-corrected chi connectivity index (χ1v) is 6.89. The summed E-state index contributed by atoms with van der Waals surface area (Å²) in [5.41, 5.74) is -0.262. The summed E-state index contributed by atoms with van der Waals surface area (Å²) in [6.07, 6.45) is 4.10. The second-order valence-corrected chi connectivity index (χ2v) is 5.43. The van der Waals surface area contributed by atoms with Gasteiger partial charge in [-0.05, 0) is 30.9 Å². The van der Waals surface area contributed by atoms with Crippen LogP contribution in [0.1, 0.15) is 36.0 Å². The molecule has 0 radical (unpaired) electrons. The highest BCUT2D eigenvalue weighted by molar-refractivity contribution is 6.20. The largest absolute Gasteiger partial charge is 0.352 e. The zero-order valence-electron chi connectivity index (χ0n) is 10.5. The van der Waals surface area contributed by atoms with Gasteiger partial charge in [0.25, 0.3) is 5.91 Å². The number of benzene rings is 1. The van der Waals surface area contributed by atoms with Gasteiger partial charge >= 0.3 is 0 Å². The van der Waals surface area contributed by atoms with Gasteiger partial charge in [0, 0.05) is 11.9 Å². The Morgan fingerprint density at radius 1 is 1.32 bits per heavy atom. The van der Waals surface area contributed by atoms with E-state index in [0.717, 1.165) is 31.7 Å². The summed E-state index contributed by atoms with van der Waals surface area (Å²) >= 11 is 6.18. The van der Waals surface area contributed by atoms with E-state index < -0.39 is 17.5 Å². The molecule has 2 atom stereocenters. The molecule has 0 bridgehead atoms. The Morgan fingerprint density at radius 2 is 2.05 bits per heavy atom. The fraction of sp³-hybridized carbons (Fsp3) is 0.500. The summed E-state index contributed by atoms with van der Waals surface area (Å²) in [7, 11) is 0. The van der Waals surface area contributed by atoms with Crippen molar-refractivity contribution in [3.63, 3.8) is 0 Å². The third-order valence-electron chi connectivity index (χ3n) is 3.54. The molecule has 2 nitrogen and oxygen atoms in total. The van der Waals surface area contributed by atoms with Crippen LogP contribution in [0.5, 0.6) is 0 Å². The second kappa shape index (κ2) is 6.33. The van der Waals surface area contributed by atoms with Crippen molar-refractivity contribution in [2.75, 3.05) is 6.54 Å². The van der Waals surface area contributed by atoms with E-state index in [1.165, 1.54) is 12.1 Å². The zero-order chi connectivity index (χ0) is 13.8. The second-order valence-electron chi connectivity index (χ2n) is 4.87. The normalized spacial score (nSPS) is 23.1. The van der Waals surface area contributed by atoms with Gasteiger partial charge in [-0.2, -0.15) is 0 Å². The van der Waals surface area contributed by atoms with Crippen LogP contribution in [0.3, 0.4) is 0 Å². The van der Waals surface area contributed by atoms with Crippen molar-refractivity contribution in [2.45, 2.75) is 31.1 Å². The van der Waals surface area contributed by atoms with Crippen molar-refractivity contribution in [2.24, 2.45) is 5.92 Å². The molecule has 1 N–H and O–H groups in total. The third-order valence-corrected chi connectivity index (χ3v) is 4.11. The van der Waals surface area contributed by atoms with Crippen molar-refractivity contribution in [3.8, 4) is 0 Å². The van der Waals surface area contributed by atoms with Gasteiger partial charge in [0.05, 0.1) is 5.56 Å². The van der Waals surface area contributed by atoms with Crippen LogP contribution in [0.25, 0.3) is 0 Å². The number of alkyl halides is 1. The lowest BCUT2D eigenvalue weighted by atomic mass is 9.88. The highest BCUT2D eigenvalue weighted by atomic mass is 35.5. The third kappa shape index (κ3) is 3.44. The van der Waals surface area contributed by atoms with E-state index in [1.54, 1.807) is 0 Å². The van der Waals surface area contributed by atoms with E-state index in [1.807, 2.05) is 0 Å². The van der Waals surface area contributed by atoms with Crippen molar-refractivity contribution in [1.29, 1.82) is 0 Å². The Balaban J connectivity index is 1.95. The van der Waals surface area contributed by atoms with E-state index in [0.29, 0.717) is 6.54 Å². The minimum Gasteiger partial charge on any atom is -0.352 e. The lowest BCUT2D eigenvalue weighted by molar-refractivity contribution is 0.0939. The molecule has 1 amide bonds. The Labute approximate surface area is 116 Å². The molecule has 2 rings (SSSR count). The summed E-state index contributed by atoms with van der Waals surface area (Å²) in [5.74, 6) is -2.51. The molecule has 104 valence electrons. The van der Waals surface area contributed by atoms with Gasteiger partial charge in [0.15, 0.2) is 11.6 Å². The van der Waals surface area contributed by atoms with Crippen molar-refractivity contribution < 1.29 is 13.6 Å². The first-order chi connectivity index (χ1) is 9.09. The number of nitrogens with one attached hydrogen (secondary N) is 1. The number of carbonyl (C=O) groups is 1. The molecule has 1 aliphatic rings. The van der Waals surface area contributed by atoms with Crippen LogP contribution in [-0.2, 0) is 0 Å². The van der Waals surface area contributed by atoms with Gasteiger partial charge in [0.1, 0.15) is 0 Å². The van der Waals surface area contributed by atoms with E-state index in [9.17, 15) is 13.6 Å². The number of amides is 1. The maximum atomic E-state index is 13.4. The molecule has 0 spiro atoms. The molecule has 0 aliphatic heterocycles. The minimum absolute atomic E-state index is 0.0476. The summed E-state index contributed by atoms with van der Waals surface area (Å²) in [4.78, 5) is 11.8. The van der Waals surface area contributed by atoms with E-state index in [2.05, 4.69) is 5.32 Å². The predicted octanol–water partition coefficient (Wildman–Crippen LogP) is 3.49. The van der Waals surface area contributed by atoms with Crippen molar-refractivity contribution >= 4 is 17.5 Å². The zero-order valence-corrected chi connectivity index (χ0v) is 11.2. The Morgan fingerprint density at radius 3 is 2.79 bits per heavy atom.